The van der Waals surface area contributed by atoms with Gasteiger partial charge in [0.25, 0.3) is 0 Å². The summed E-state index contributed by atoms with van der Waals surface area (Å²) in [5.41, 5.74) is 0. The molecule has 0 saturated carbocycles. The van der Waals surface area contributed by atoms with Gasteiger partial charge in [0.1, 0.15) is 0 Å². The van der Waals surface area contributed by atoms with Crippen molar-refractivity contribution in [3.63, 3.8) is 0 Å². The van der Waals surface area contributed by atoms with Gasteiger partial charge < -0.3 is 9.64 Å². The second kappa shape index (κ2) is 4.20. The standard InChI is InChI=1S/C9H13N3OS/c1-14-9(11-6-10)12-7-2-3-8(12)5-13-4-7/h7-8H,2-5H2,1H3. The molecule has 2 heterocycles. The number of aliphatic imine (C=N–C) groups is 1. The highest BCUT2D eigenvalue weighted by molar-refractivity contribution is 8.13. The molecule has 0 aliphatic carbocycles. The minimum absolute atomic E-state index is 0.438. The molecule has 2 atom stereocenters. The first-order chi connectivity index (χ1) is 6.86. The van der Waals surface area contributed by atoms with Crippen LogP contribution in [0.5, 0.6) is 0 Å². The van der Waals surface area contributed by atoms with Gasteiger partial charge in [-0.25, -0.2) is 0 Å². The number of amidine groups is 1. The molecule has 2 bridgehead atoms. The lowest BCUT2D eigenvalue weighted by Crippen LogP contribution is -2.48. The number of nitriles is 1. The molecule has 0 aromatic rings. The van der Waals surface area contributed by atoms with Crippen molar-refractivity contribution in [3.8, 4) is 6.19 Å². The molecule has 2 aliphatic heterocycles. The van der Waals surface area contributed by atoms with Gasteiger partial charge in [0, 0.05) is 0 Å². The second-order valence-corrected chi connectivity index (χ2v) is 4.30. The van der Waals surface area contributed by atoms with E-state index in [4.69, 9.17) is 10.00 Å². The zero-order valence-electron chi connectivity index (χ0n) is 8.14. The van der Waals surface area contributed by atoms with Gasteiger partial charge in [0.15, 0.2) is 5.17 Å². The molecule has 0 N–H and O–H groups in total. The van der Waals surface area contributed by atoms with Crippen LogP contribution < -0.4 is 0 Å². The molecule has 2 unspecified atom stereocenters. The molecule has 14 heavy (non-hydrogen) atoms. The molecule has 2 fully saturated rings. The monoisotopic (exact) mass is 211 g/mol. The van der Waals surface area contributed by atoms with E-state index in [0.717, 1.165) is 31.2 Å². The van der Waals surface area contributed by atoms with Crippen molar-refractivity contribution >= 4 is 16.9 Å². The first-order valence-corrected chi connectivity index (χ1v) is 5.96. The third kappa shape index (κ3) is 1.60. The van der Waals surface area contributed by atoms with Crippen molar-refractivity contribution in [2.45, 2.75) is 24.9 Å². The van der Waals surface area contributed by atoms with Crippen LogP contribution in [0.2, 0.25) is 0 Å². The van der Waals surface area contributed by atoms with Crippen LogP contribution in [-0.2, 0) is 4.74 Å². The fourth-order valence-electron chi connectivity index (χ4n) is 2.19. The van der Waals surface area contributed by atoms with Crippen molar-refractivity contribution in [3.05, 3.63) is 0 Å². The minimum atomic E-state index is 0.438. The second-order valence-electron chi connectivity index (χ2n) is 3.53. The molecule has 0 amide bonds. The Morgan fingerprint density at radius 3 is 2.64 bits per heavy atom. The minimum Gasteiger partial charge on any atom is -0.377 e. The van der Waals surface area contributed by atoms with E-state index in [-0.39, 0.29) is 0 Å². The van der Waals surface area contributed by atoms with Gasteiger partial charge in [-0.1, -0.05) is 11.8 Å². The van der Waals surface area contributed by atoms with E-state index in [1.54, 1.807) is 11.8 Å². The fourth-order valence-corrected chi connectivity index (χ4v) is 2.83. The summed E-state index contributed by atoms with van der Waals surface area (Å²) < 4.78 is 5.47. The summed E-state index contributed by atoms with van der Waals surface area (Å²) in [5.74, 6) is 0. The van der Waals surface area contributed by atoms with Crippen LogP contribution >= 0.6 is 11.8 Å². The van der Waals surface area contributed by atoms with Crippen LogP contribution in [0.15, 0.2) is 4.99 Å². The molecule has 2 rings (SSSR count). The molecule has 5 heteroatoms. The third-order valence-corrected chi connectivity index (χ3v) is 3.46. The predicted octanol–water partition coefficient (Wildman–Crippen LogP) is 1.05. The first kappa shape index (κ1) is 9.81. The number of fused-ring (bicyclic) bond motifs is 2. The summed E-state index contributed by atoms with van der Waals surface area (Å²) in [7, 11) is 0. The molecular formula is C9H13N3OS. The molecule has 0 aromatic heterocycles. The molecule has 0 spiro atoms. The van der Waals surface area contributed by atoms with Crippen molar-refractivity contribution in [2.75, 3.05) is 19.5 Å². The SMILES string of the molecule is CSC(=NC#N)N1C2CCC1COC2. The number of ether oxygens (including phenoxy) is 1. The van der Waals surface area contributed by atoms with Crippen LogP contribution in [0, 0.1) is 11.5 Å². The Bertz CT molecular complexity index is 270. The van der Waals surface area contributed by atoms with Gasteiger partial charge in [0.2, 0.25) is 6.19 Å². The van der Waals surface area contributed by atoms with Crippen LogP contribution in [0.4, 0.5) is 0 Å². The van der Waals surface area contributed by atoms with Crippen LogP contribution in [0.25, 0.3) is 0 Å². The summed E-state index contributed by atoms with van der Waals surface area (Å²) >= 11 is 1.55. The van der Waals surface area contributed by atoms with Crippen LogP contribution in [0.3, 0.4) is 0 Å². The summed E-state index contributed by atoms with van der Waals surface area (Å²) in [6.07, 6.45) is 6.16. The van der Waals surface area contributed by atoms with E-state index in [0.29, 0.717) is 12.1 Å². The normalized spacial score (nSPS) is 31.7. The quantitative estimate of drug-likeness (QED) is 0.341. The predicted molar refractivity (Wildman–Crippen MR) is 56.0 cm³/mol. The first-order valence-electron chi connectivity index (χ1n) is 4.73. The molecule has 2 saturated heterocycles. The Kier molecular flexibility index (Phi) is 2.94. The van der Waals surface area contributed by atoms with Gasteiger partial charge in [-0.3, -0.25) is 0 Å². The van der Waals surface area contributed by atoms with Gasteiger partial charge in [0.05, 0.1) is 25.3 Å². The van der Waals surface area contributed by atoms with Gasteiger partial charge in [-0.15, -0.1) is 4.99 Å². The smallest absolute Gasteiger partial charge is 0.208 e. The molecule has 0 aromatic carbocycles. The summed E-state index contributed by atoms with van der Waals surface area (Å²) in [6, 6.07) is 0.876. The van der Waals surface area contributed by atoms with Gasteiger partial charge >= 0.3 is 0 Å². The average molecular weight is 211 g/mol. The average Bonchev–Trinajstić information content (AvgIpc) is 2.47. The molecule has 4 nitrogen and oxygen atoms in total. The van der Waals surface area contributed by atoms with E-state index in [9.17, 15) is 0 Å². The van der Waals surface area contributed by atoms with E-state index in [2.05, 4.69) is 9.89 Å². The summed E-state index contributed by atoms with van der Waals surface area (Å²) in [6.45, 7) is 1.56. The Morgan fingerprint density at radius 1 is 1.50 bits per heavy atom. The van der Waals surface area contributed by atoms with Crippen molar-refractivity contribution in [1.82, 2.24) is 4.90 Å². The lowest BCUT2D eigenvalue weighted by molar-refractivity contribution is 0.0220. The lowest BCUT2D eigenvalue weighted by atomic mass is 10.2. The van der Waals surface area contributed by atoms with E-state index >= 15 is 0 Å². The highest BCUT2D eigenvalue weighted by Gasteiger charge is 2.39. The number of rotatable bonds is 0. The number of nitrogens with zero attached hydrogens (tertiary/aromatic N) is 3. The zero-order valence-corrected chi connectivity index (χ0v) is 8.96. The number of morpholine rings is 1. The Hall–Kier alpha value is -0.730. The van der Waals surface area contributed by atoms with Gasteiger partial charge in [-0.05, 0) is 19.1 Å². The van der Waals surface area contributed by atoms with Crippen molar-refractivity contribution in [2.24, 2.45) is 4.99 Å². The lowest BCUT2D eigenvalue weighted by Gasteiger charge is -2.35. The summed E-state index contributed by atoms with van der Waals surface area (Å²) in [5, 5.41) is 9.43. The largest absolute Gasteiger partial charge is 0.377 e. The fraction of sp³-hybridized carbons (Fsp3) is 0.778. The maximum absolute atomic E-state index is 8.58. The Morgan fingerprint density at radius 2 is 2.14 bits per heavy atom. The molecule has 2 aliphatic rings. The zero-order chi connectivity index (χ0) is 9.97. The number of hydrogen-bond donors (Lipinski definition) is 0. The topological polar surface area (TPSA) is 48.6 Å². The van der Waals surface area contributed by atoms with Crippen LogP contribution in [0.1, 0.15) is 12.8 Å². The number of hydrogen-bond acceptors (Lipinski definition) is 4. The maximum atomic E-state index is 8.58. The van der Waals surface area contributed by atoms with Crippen LogP contribution in [-0.4, -0.2) is 41.6 Å². The van der Waals surface area contributed by atoms with Crippen molar-refractivity contribution in [1.29, 1.82) is 5.26 Å². The van der Waals surface area contributed by atoms with E-state index in [1.807, 2.05) is 12.4 Å². The highest BCUT2D eigenvalue weighted by Crippen LogP contribution is 2.31. The van der Waals surface area contributed by atoms with E-state index in [1.165, 1.54) is 0 Å². The molecule has 76 valence electrons. The Balaban J connectivity index is 2.17. The Labute approximate surface area is 87.9 Å². The summed E-state index contributed by atoms with van der Waals surface area (Å²) in [4.78, 5) is 6.12. The van der Waals surface area contributed by atoms with E-state index < -0.39 is 0 Å². The highest BCUT2D eigenvalue weighted by atomic mass is 32.2. The third-order valence-electron chi connectivity index (χ3n) is 2.79. The maximum Gasteiger partial charge on any atom is 0.208 e. The number of thioether (sulfide) groups is 1. The van der Waals surface area contributed by atoms with Gasteiger partial charge in [-0.2, -0.15) is 5.26 Å². The molecular weight excluding hydrogens is 198 g/mol. The van der Waals surface area contributed by atoms with Crippen molar-refractivity contribution < 1.29 is 4.74 Å². The molecule has 0 radical (unpaired) electrons.